The highest BCUT2D eigenvalue weighted by molar-refractivity contribution is 7.11. The standard InChI is InChI=1S/C14H22ClNS/c1-14(2,3)11-6-4-10(5-7-11)13-16-9-12(8-15)17-13/h9-11H,4-8H2,1-3H3. The Balaban J connectivity index is 1.95. The monoisotopic (exact) mass is 271 g/mol. The van der Waals surface area contributed by atoms with Crippen LogP contribution in [-0.2, 0) is 5.88 Å². The van der Waals surface area contributed by atoms with E-state index in [1.165, 1.54) is 35.6 Å². The first-order chi connectivity index (χ1) is 8.00. The molecule has 0 saturated heterocycles. The zero-order valence-electron chi connectivity index (χ0n) is 11.0. The Morgan fingerprint density at radius 3 is 2.41 bits per heavy atom. The van der Waals surface area contributed by atoms with E-state index in [2.05, 4.69) is 25.8 Å². The molecule has 0 radical (unpaired) electrons. The molecule has 1 aromatic rings. The molecule has 3 heteroatoms. The van der Waals surface area contributed by atoms with Crippen LogP contribution < -0.4 is 0 Å². The lowest BCUT2D eigenvalue weighted by Gasteiger charge is -2.36. The molecule has 0 aromatic carbocycles. The lowest BCUT2D eigenvalue weighted by atomic mass is 9.70. The Labute approximate surface area is 114 Å². The van der Waals surface area contributed by atoms with Gasteiger partial charge in [0.15, 0.2) is 0 Å². The van der Waals surface area contributed by atoms with Gasteiger partial charge in [0.2, 0.25) is 0 Å². The summed E-state index contributed by atoms with van der Waals surface area (Å²) in [7, 11) is 0. The molecule has 1 aromatic heterocycles. The van der Waals surface area contributed by atoms with Crippen LogP contribution in [0.5, 0.6) is 0 Å². The summed E-state index contributed by atoms with van der Waals surface area (Å²) in [4.78, 5) is 5.74. The molecule has 1 fully saturated rings. The van der Waals surface area contributed by atoms with Gasteiger partial charge in [-0.3, -0.25) is 0 Å². The van der Waals surface area contributed by atoms with Gasteiger partial charge < -0.3 is 0 Å². The summed E-state index contributed by atoms with van der Waals surface area (Å²) in [6, 6.07) is 0. The average molecular weight is 272 g/mol. The summed E-state index contributed by atoms with van der Waals surface area (Å²) in [5, 5.41) is 1.31. The number of halogens is 1. The van der Waals surface area contributed by atoms with E-state index >= 15 is 0 Å². The molecule has 0 spiro atoms. The average Bonchev–Trinajstić information content (AvgIpc) is 2.76. The second-order valence-electron chi connectivity index (χ2n) is 6.21. The predicted octanol–water partition coefficient (Wildman–Crippen LogP) is 5.20. The summed E-state index contributed by atoms with van der Waals surface area (Å²) in [6.45, 7) is 7.10. The maximum atomic E-state index is 5.83. The number of thiazole rings is 1. The fraction of sp³-hybridized carbons (Fsp3) is 0.786. The fourth-order valence-corrected chi connectivity index (χ4v) is 3.95. The lowest BCUT2D eigenvalue weighted by molar-refractivity contribution is 0.169. The quantitative estimate of drug-likeness (QED) is 0.674. The van der Waals surface area contributed by atoms with Gasteiger partial charge in [0.1, 0.15) is 0 Å². The highest BCUT2D eigenvalue weighted by Crippen LogP contribution is 2.43. The first-order valence-corrected chi connectivity index (χ1v) is 7.86. The van der Waals surface area contributed by atoms with Crippen molar-refractivity contribution in [2.45, 2.75) is 58.3 Å². The molecule has 17 heavy (non-hydrogen) atoms. The number of hydrogen-bond donors (Lipinski definition) is 0. The summed E-state index contributed by atoms with van der Waals surface area (Å²) in [5.74, 6) is 2.18. The minimum Gasteiger partial charge on any atom is -0.249 e. The molecule has 0 amide bonds. The summed E-state index contributed by atoms with van der Waals surface area (Å²) < 4.78 is 0. The van der Waals surface area contributed by atoms with Gasteiger partial charge in [-0.15, -0.1) is 22.9 Å². The van der Waals surface area contributed by atoms with Gasteiger partial charge in [0, 0.05) is 17.0 Å². The second kappa shape index (κ2) is 5.27. The van der Waals surface area contributed by atoms with E-state index in [4.69, 9.17) is 11.6 Å². The Kier molecular flexibility index (Phi) is 4.14. The largest absolute Gasteiger partial charge is 0.249 e. The molecule has 2 rings (SSSR count). The van der Waals surface area contributed by atoms with Gasteiger partial charge in [0.05, 0.1) is 10.9 Å². The summed E-state index contributed by atoms with van der Waals surface area (Å²) in [5.41, 5.74) is 0.467. The molecular weight excluding hydrogens is 250 g/mol. The molecule has 0 aliphatic heterocycles. The van der Waals surface area contributed by atoms with Gasteiger partial charge in [0.25, 0.3) is 0 Å². The first kappa shape index (κ1) is 13.4. The smallest absolute Gasteiger partial charge is 0.0959 e. The zero-order valence-corrected chi connectivity index (χ0v) is 12.6. The Bertz CT molecular complexity index is 359. The number of rotatable bonds is 2. The maximum Gasteiger partial charge on any atom is 0.0959 e. The molecule has 1 aliphatic carbocycles. The first-order valence-electron chi connectivity index (χ1n) is 6.51. The Morgan fingerprint density at radius 2 is 1.94 bits per heavy atom. The lowest BCUT2D eigenvalue weighted by Crippen LogP contribution is -2.25. The predicted molar refractivity (Wildman–Crippen MR) is 75.8 cm³/mol. The van der Waals surface area contributed by atoms with Crippen molar-refractivity contribution in [1.29, 1.82) is 0 Å². The fourth-order valence-electron chi connectivity index (χ4n) is 2.78. The number of aromatic nitrogens is 1. The van der Waals surface area contributed by atoms with Crippen LogP contribution in [0.2, 0.25) is 0 Å². The normalized spacial score (nSPS) is 26.1. The molecule has 0 N–H and O–H groups in total. The SMILES string of the molecule is CC(C)(C)C1CCC(c2ncc(CCl)s2)CC1. The molecule has 1 aliphatic rings. The van der Waals surface area contributed by atoms with E-state index in [0.29, 0.717) is 17.2 Å². The van der Waals surface area contributed by atoms with Crippen molar-refractivity contribution in [3.05, 3.63) is 16.1 Å². The van der Waals surface area contributed by atoms with Gasteiger partial charge in [-0.05, 0) is 37.0 Å². The number of alkyl halides is 1. The number of hydrogen-bond acceptors (Lipinski definition) is 2. The van der Waals surface area contributed by atoms with Gasteiger partial charge >= 0.3 is 0 Å². The third kappa shape index (κ3) is 3.23. The highest BCUT2D eigenvalue weighted by atomic mass is 35.5. The summed E-state index contributed by atoms with van der Waals surface area (Å²) >= 11 is 7.64. The van der Waals surface area contributed by atoms with Crippen LogP contribution in [0.15, 0.2) is 6.20 Å². The third-order valence-electron chi connectivity index (χ3n) is 4.00. The van der Waals surface area contributed by atoms with Crippen molar-refractivity contribution in [3.8, 4) is 0 Å². The van der Waals surface area contributed by atoms with E-state index < -0.39 is 0 Å². The Hall–Kier alpha value is -0.0800. The molecular formula is C14H22ClNS. The van der Waals surface area contributed by atoms with E-state index in [1.54, 1.807) is 11.3 Å². The third-order valence-corrected chi connectivity index (χ3v) is 5.61. The van der Waals surface area contributed by atoms with Gasteiger partial charge in [-0.1, -0.05) is 20.8 Å². The molecule has 0 unspecified atom stereocenters. The van der Waals surface area contributed by atoms with Crippen molar-refractivity contribution in [2.75, 3.05) is 0 Å². The van der Waals surface area contributed by atoms with Crippen LogP contribution in [-0.4, -0.2) is 4.98 Å². The summed E-state index contributed by atoms with van der Waals surface area (Å²) in [6.07, 6.45) is 7.26. The van der Waals surface area contributed by atoms with Crippen LogP contribution in [0.4, 0.5) is 0 Å². The van der Waals surface area contributed by atoms with Crippen LogP contribution in [0.25, 0.3) is 0 Å². The van der Waals surface area contributed by atoms with Gasteiger partial charge in [-0.2, -0.15) is 0 Å². The minimum absolute atomic E-state index is 0.467. The van der Waals surface area contributed by atoms with Crippen molar-refractivity contribution < 1.29 is 0 Å². The molecule has 1 saturated carbocycles. The molecule has 0 atom stereocenters. The van der Waals surface area contributed by atoms with Crippen molar-refractivity contribution in [3.63, 3.8) is 0 Å². The molecule has 0 bridgehead atoms. The van der Waals surface area contributed by atoms with Gasteiger partial charge in [-0.25, -0.2) is 4.98 Å². The molecule has 1 heterocycles. The van der Waals surface area contributed by atoms with E-state index in [1.807, 2.05) is 6.20 Å². The van der Waals surface area contributed by atoms with Crippen LogP contribution >= 0.6 is 22.9 Å². The number of nitrogens with zero attached hydrogens (tertiary/aromatic N) is 1. The molecule has 96 valence electrons. The van der Waals surface area contributed by atoms with Crippen molar-refractivity contribution in [2.24, 2.45) is 11.3 Å². The minimum atomic E-state index is 0.467. The van der Waals surface area contributed by atoms with E-state index in [9.17, 15) is 0 Å². The zero-order chi connectivity index (χ0) is 12.5. The van der Waals surface area contributed by atoms with E-state index in [-0.39, 0.29) is 0 Å². The van der Waals surface area contributed by atoms with Crippen LogP contribution in [0, 0.1) is 11.3 Å². The van der Waals surface area contributed by atoms with Crippen molar-refractivity contribution in [1.82, 2.24) is 4.98 Å². The highest BCUT2D eigenvalue weighted by Gasteiger charge is 2.31. The second-order valence-corrected chi connectivity index (χ2v) is 7.63. The van der Waals surface area contributed by atoms with E-state index in [0.717, 1.165) is 5.92 Å². The Morgan fingerprint density at radius 1 is 1.29 bits per heavy atom. The topological polar surface area (TPSA) is 12.9 Å². The van der Waals surface area contributed by atoms with Crippen LogP contribution in [0.3, 0.4) is 0 Å². The van der Waals surface area contributed by atoms with Crippen molar-refractivity contribution >= 4 is 22.9 Å². The maximum absolute atomic E-state index is 5.83. The molecule has 1 nitrogen and oxygen atoms in total. The van der Waals surface area contributed by atoms with Crippen LogP contribution in [0.1, 0.15) is 62.3 Å².